The van der Waals surface area contributed by atoms with Crippen LogP contribution >= 0.6 is 0 Å². The average Bonchev–Trinajstić information content (AvgIpc) is 3.51. The molecule has 0 aromatic heterocycles. The van der Waals surface area contributed by atoms with Crippen LogP contribution in [0.2, 0.25) is 0 Å². The number of carbonyl (C=O) groups is 3. The zero-order valence-corrected chi connectivity index (χ0v) is 22.6. The van der Waals surface area contributed by atoms with Gasteiger partial charge in [-0.2, -0.15) is 0 Å². The molecule has 0 bridgehead atoms. The second-order valence-corrected chi connectivity index (χ2v) is 10.7. The number of benzene rings is 3. The minimum absolute atomic E-state index is 0.0333. The highest BCUT2D eigenvalue weighted by Crippen LogP contribution is 2.44. The number of aliphatic carboxylic acids is 1. The first-order chi connectivity index (χ1) is 19.4. The Balaban J connectivity index is 1.15. The van der Waals surface area contributed by atoms with Crippen LogP contribution in [-0.4, -0.2) is 59.3 Å². The highest BCUT2D eigenvalue weighted by atomic mass is 16.5. The third-order valence-corrected chi connectivity index (χ3v) is 7.98. The Morgan fingerprint density at radius 2 is 1.60 bits per heavy atom. The number of hydrogen-bond acceptors (Lipinski definition) is 5. The van der Waals surface area contributed by atoms with Gasteiger partial charge in [0.15, 0.2) is 5.54 Å². The van der Waals surface area contributed by atoms with E-state index in [2.05, 4.69) is 34.9 Å². The normalized spacial score (nSPS) is 18.9. The van der Waals surface area contributed by atoms with E-state index in [1.807, 2.05) is 66.4 Å². The summed E-state index contributed by atoms with van der Waals surface area (Å²) in [4.78, 5) is 40.0. The molecule has 0 saturated carbocycles. The lowest BCUT2D eigenvalue weighted by atomic mass is 9.98. The topological polar surface area (TPSA) is 108 Å². The van der Waals surface area contributed by atoms with Gasteiger partial charge in [-0.3, -0.25) is 9.69 Å². The molecular formula is C32H35N3O5. The number of nitrogens with zero attached hydrogens (tertiary/aromatic N) is 1. The molecule has 2 amide bonds. The van der Waals surface area contributed by atoms with E-state index in [-0.39, 0.29) is 25.5 Å². The van der Waals surface area contributed by atoms with Crippen molar-refractivity contribution in [1.82, 2.24) is 15.5 Å². The molecule has 40 heavy (non-hydrogen) atoms. The zero-order chi connectivity index (χ0) is 28.1. The van der Waals surface area contributed by atoms with Gasteiger partial charge < -0.3 is 20.5 Å². The van der Waals surface area contributed by atoms with Crippen LogP contribution in [0.3, 0.4) is 0 Å². The Labute approximate surface area is 234 Å². The smallest absolute Gasteiger partial charge is 0.407 e. The summed E-state index contributed by atoms with van der Waals surface area (Å²) in [6.07, 6.45) is 0.188. The van der Waals surface area contributed by atoms with Crippen molar-refractivity contribution >= 4 is 18.0 Å². The van der Waals surface area contributed by atoms with E-state index in [4.69, 9.17) is 4.74 Å². The van der Waals surface area contributed by atoms with Crippen molar-refractivity contribution in [3.8, 4) is 11.1 Å². The van der Waals surface area contributed by atoms with Crippen LogP contribution in [0.25, 0.3) is 11.1 Å². The zero-order valence-electron chi connectivity index (χ0n) is 22.6. The van der Waals surface area contributed by atoms with E-state index >= 15 is 0 Å². The SMILES string of the molecule is CC[C@H](CC(=O)NC1(C(=O)O)CCN(Cc2ccccc2)C1)NC(=O)OCC1c2ccccc2-c2ccccc21. The Bertz CT molecular complexity index is 1330. The van der Waals surface area contributed by atoms with Crippen molar-refractivity contribution in [2.24, 2.45) is 0 Å². The number of hydrogen-bond donors (Lipinski definition) is 3. The quantitative estimate of drug-likeness (QED) is 0.348. The van der Waals surface area contributed by atoms with Crippen LogP contribution in [-0.2, 0) is 20.9 Å². The van der Waals surface area contributed by atoms with E-state index in [0.717, 1.165) is 27.8 Å². The third-order valence-electron chi connectivity index (χ3n) is 7.98. The summed E-state index contributed by atoms with van der Waals surface area (Å²) >= 11 is 0. The molecule has 3 N–H and O–H groups in total. The first-order valence-electron chi connectivity index (χ1n) is 13.8. The van der Waals surface area contributed by atoms with Crippen molar-refractivity contribution in [1.29, 1.82) is 0 Å². The molecule has 1 unspecified atom stereocenters. The van der Waals surface area contributed by atoms with Crippen molar-refractivity contribution in [3.05, 3.63) is 95.6 Å². The maximum Gasteiger partial charge on any atom is 0.407 e. The molecule has 2 aliphatic rings. The number of likely N-dealkylation sites (tertiary alicyclic amines) is 1. The number of nitrogens with one attached hydrogen (secondary N) is 2. The van der Waals surface area contributed by atoms with E-state index < -0.39 is 29.6 Å². The van der Waals surface area contributed by atoms with Gasteiger partial charge in [-0.25, -0.2) is 9.59 Å². The van der Waals surface area contributed by atoms with Gasteiger partial charge in [0.1, 0.15) is 6.61 Å². The van der Waals surface area contributed by atoms with Gasteiger partial charge in [0.2, 0.25) is 5.91 Å². The molecule has 8 heteroatoms. The predicted octanol–water partition coefficient (Wildman–Crippen LogP) is 4.54. The number of carboxylic acids is 1. The minimum Gasteiger partial charge on any atom is -0.479 e. The van der Waals surface area contributed by atoms with Gasteiger partial charge in [0.05, 0.1) is 0 Å². The van der Waals surface area contributed by atoms with Gasteiger partial charge >= 0.3 is 12.1 Å². The van der Waals surface area contributed by atoms with E-state index in [9.17, 15) is 19.5 Å². The Morgan fingerprint density at radius 1 is 0.975 bits per heavy atom. The van der Waals surface area contributed by atoms with Gasteiger partial charge in [-0.05, 0) is 40.7 Å². The number of ether oxygens (including phenoxy) is 1. The molecular weight excluding hydrogens is 506 g/mol. The second-order valence-electron chi connectivity index (χ2n) is 10.7. The summed E-state index contributed by atoms with van der Waals surface area (Å²) in [6.45, 7) is 3.45. The van der Waals surface area contributed by atoms with Crippen LogP contribution in [0.15, 0.2) is 78.9 Å². The predicted molar refractivity (Wildman–Crippen MR) is 152 cm³/mol. The lowest BCUT2D eigenvalue weighted by Gasteiger charge is -2.27. The maximum absolute atomic E-state index is 13.0. The summed E-state index contributed by atoms with van der Waals surface area (Å²) in [6, 6.07) is 25.6. The van der Waals surface area contributed by atoms with Crippen LogP contribution in [0.1, 0.15) is 48.8 Å². The fourth-order valence-electron chi connectivity index (χ4n) is 5.84. The van der Waals surface area contributed by atoms with Gasteiger partial charge in [0, 0.05) is 38.0 Å². The summed E-state index contributed by atoms with van der Waals surface area (Å²) < 4.78 is 5.63. The Kier molecular flexibility index (Phi) is 8.16. The minimum atomic E-state index is -1.35. The summed E-state index contributed by atoms with van der Waals surface area (Å²) in [7, 11) is 0. The van der Waals surface area contributed by atoms with Crippen molar-refractivity contribution in [2.75, 3.05) is 19.7 Å². The molecule has 3 aromatic rings. The number of carboxylic acid groups (broad SMARTS) is 1. The van der Waals surface area contributed by atoms with Crippen LogP contribution in [0, 0.1) is 0 Å². The monoisotopic (exact) mass is 541 g/mol. The molecule has 1 fully saturated rings. The number of fused-ring (bicyclic) bond motifs is 3. The molecule has 1 aliphatic heterocycles. The molecule has 8 nitrogen and oxygen atoms in total. The standard InChI is InChI=1S/C32H35N3O5/c1-2-23(18-29(36)34-32(30(37)38)16-17-35(21-32)19-22-10-4-3-5-11-22)33-31(39)40-20-28-26-14-8-6-12-24(26)25-13-7-9-15-27(25)28/h3-15,23,28H,2,16-21H2,1H3,(H,33,39)(H,34,36)(H,37,38)/t23-,32?/m1/s1. The summed E-state index contributed by atoms with van der Waals surface area (Å²) in [5.74, 6) is -1.51. The largest absolute Gasteiger partial charge is 0.479 e. The molecule has 208 valence electrons. The molecule has 0 radical (unpaired) electrons. The molecule has 2 atom stereocenters. The van der Waals surface area contributed by atoms with Crippen LogP contribution < -0.4 is 10.6 Å². The number of rotatable bonds is 10. The molecule has 5 rings (SSSR count). The summed E-state index contributed by atoms with van der Waals surface area (Å²) in [5, 5.41) is 15.6. The highest BCUT2D eigenvalue weighted by molar-refractivity contribution is 5.88. The van der Waals surface area contributed by atoms with E-state index in [1.54, 1.807) is 0 Å². The van der Waals surface area contributed by atoms with Gasteiger partial charge in [-0.15, -0.1) is 0 Å². The fraction of sp³-hybridized carbons (Fsp3) is 0.344. The summed E-state index contributed by atoms with van der Waals surface area (Å²) in [5.41, 5.74) is 4.29. The third kappa shape index (κ3) is 5.87. The molecule has 1 aliphatic carbocycles. The van der Waals surface area contributed by atoms with Crippen LogP contribution in [0.5, 0.6) is 0 Å². The number of carbonyl (C=O) groups excluding carboxylic acids is 2. The van der Waals surface area contributed by atoms with Crippen molar-refractivity contribution in [3.63, 3.8) is 0 Å². The lowest BCUT2D eigenvalue weighted by Crippen LogP contribution is -2.57. The molecule has 3 aromatic carbocycles. The maximum atomic E-state index is 13.0. The first kappa shape index (κ1) is 27.4. The van der Waals surface area contributed by atoms with E-state index in [1.165, 1.54) is 0 Å². The van der Waals surface area contributed by atoms with Gasteiger partial charge in [-0.1, -0.05) is 85.8 Å². The van der Waals surface area contributed by atoms with Crippen LogP contribution in [0.4, 0.5) is 4.79 Å². The van der Waals surface area contributed by atoms with Gasteiger partial charge in [0.25, 0.3) is 0 Å². The highest BCUT2D eigenvalue weighted by Gasteiger charge is 2.46. The lowest BCUT2D eigenvalue weighted by molar-refractivity contribution is -0.147. The first-order valence-corrected chi connectivity index (χ1v) is 13.8. The molecule has 1 heterocycles. The number of alkyl carbamates (subject to hydrolysis) is 1. The molecule has 0 spiro atoms. The fourth-order valence-corrected chi connectivity index (χ4v) is 5.84. The average molecular weight is 542 g/mol. The number of amides is 2. The Morgan fingerprint density at radius 3 is 2.23 bits per heavy atom. The second kappa shape index (κ2) is 11.9. The Hall–Kier alpha value is -4.17. The molecule has 1 saturated heterocycles. The van der Waals surface area contributed by atoms with E-state index in [0.29, 0.717) is 25.9 Å². The van der Waals surface area contributed by atoms with Crippen molar-refractivity contribution in [2.45, 2.75) is 50.2 Å². The van der Waals surface area contributed by atoms with Crippen molar-refractivity contribution < 1.29 is 24.2 Å².